The first-order chi connectivity index (χ1) is 8.11. The number of methoxy groups -OCH3 is 1. The van der Waals surface area contributed by atoms with E-state index in [1.165, 1.54) is 6.92 Å². The smallest absolute Gasteiger partial charge is 0.273 e. The van der Waals surface area contributed by atoms with E-state index in [4.69, 9.17) is 4.74 Å². The van der Waals surface area contributed by atoms with Crippen LogP contribution >= 0.6 is 0 Å². The summed E-state index contributed by atoms with van der Waals surface area (Å²) in [5.74, 6) is 0.759. The number of fused-ring (bicyclic) bond motifs is 1. The first-order valence-electron chi connectivity index (χ1n) is 5.22. The van der Waals surface area contributed by atoms with Gasteiger partial charge in [0.05, 0.1) is 7.11 Å². The Kier molecular flexibility index (Phi) is 3.09. The molecule has 0 bridgehead atoms. The molecule has 88 valence electrons. The number of hydrogen-bond donors (Lipinski definition) is 0. The molecule has 1 nitrogen and oxygen atoms in total. The van der Waals surface area contributed by atoms with Crippen LogP contribution in [0.25, 0.3) is 16.3 Å². The van der Waals surface area contributed by atoms with Crippen molar-refractivity contribution < 1.29 is 13.5 Å². The zero-order valence-electron chi connectivity index (χ0n) is 9.63. The van der Waals surface area contributed by atoms with Crippen molar-refractivity contribution in [3.05, 3.63) is 48.0 Å². The molecule has 2 aromatic rings. The van der Waals surface area contributed by atoms with Crippen LogP contribution in [0.5, 0.6) is 5.75 Å². The molecular formula is C14H12F2O. The van der Waals surface area contributed by atoms with E-state index in [9.17, 15) is 8.78 Å². The second-order valence-corrected chi connectivity index (χ2v) is 3.81. The molecule has 0 unspecified atom stereocenters. The lowest BCUT2D eigenvalue weighted by atomic mass is 10.0. The summed E-state index contributed by atoms with van der Waals surface area (Å²) >= 11 is 0. The van der Waals surface area contributed by atoms with Crippen molar-refractivity contribution in [1.82, 2.24) is 0 Å². The average molecular weight is 234 g/mol. The van der Waals surface area contributed by atoms with Crippen molar-refractivity contribution >= 4 is 16.3 Å². The minimum absolute atomic E-state index is 0.0164. The highest BCUT2D eigenvalue weighted by Crippen LogP contribution is 2.26. The maximum Gasteiger partial charge on any atom is 0.273 e. The lowest BCUT2D eigenvalue weighted by Gasteiger charge is -2.05. The highest BCUT2D eigenvalue weighted by Gasteiger charge is 2.04. The number of hydrogen-bond acceptors (Lipinski definition) is 1. The number of halogens is 2. The monoisotopic (exact) mass is 234 g/mol. The third-order valence-electron chi connectivity index (χ3n) is 2.76. The minimum atomic E-state index is -1.64. The SMILES string of the molecule is COc1ccc2cc(C(C)=C(F)F)ccc2c1. The summed E-state index contributed by atoms with van der Waals surface area (Å²) in [6.45, 7) is 1.42. The van der Waals surface area contributed by atoms with Gasteiger partial charge in [-0.1, -0.05) is 18.2 Å². The topological polar surface area (TPSA) is 9.23 Å². The highest BCUT2D eigenvalue weighted by atomic mass is 19.3. The molecule has 0 fully saturated rings. The highest BCUT2D eigenvalue weighted by molar-refractivity contribution is 5.87. The van der Waals surface area contributed by atoms with Crippen LogP contribution in [0.2, 0.25) is 0 Å². The molecule has 2 rings (SSSR count). The van der Waals surface area contributed by atoms with Crippen molar-refractivity contribution in [2.24, 2.45) is 0 Å². The largest absolute Gasteiger partial charge is 0.497 e. The van der Waals surface area contributed by atoms with Gasteiger partial charge in [-0.3, -0.25) is 0 Å². The van der Waals surface area contributed by atoms with Crippen LogP contribution in [0.3, 0.4) is 0 Å². The van der Waals surface area contributed by atoms with Crippen molar-refractivity contribution in [2.45, 2.75) is 6.92 Å². The standard InChI is InChI=1S/C14H12F2O/c1-9(14(15)16)10-3-4-12-8-13(17-2)6-5-11(12)7-10/h3-8H,1-2H3. The van der Waals surface area contributed by atoms with E-state index < -0.39 is 6.08 Å². The predicted octanol–water partition coefficient (Wildman–Crippen LogP) is 4.48. The van der Waals surface area contributed by atoms with E-state index >= 15 is 0 Å². The van der Waals surface area contributed by atoms with Gasteiger partial charge in [0, 0.05) is 5.57 Å². The fourth-order valence-corrected chi connectivity index (χ4v) is 1.69. The fourth-order valence-electron chi connectivity index (χ4n) is 1.69. The van der Waals surface area contributed by atoms with Gasteiger partial charge >= 0.3 is 0 Å². The van der Waals surface area contributed by atoms with Crippen molar-refractivity contribution in [2.75, 3.05) is 7.11 Å². The van der Waals surface area contributed by atoms with Gasteiger partial charge in [0.1, 0.15) is 5.75 Å². The van der Waals surface area contributed by atoms with E-state index in [0.29, 0.717) is 5.56 Å². The Morgan fingerprint density at radius 3 is 2.29 bits per heavy atom. The van der Waals surface area contributed by atoms with Crippen LogP contribution in [0.1, 0.15) is 12.5 Å². The molecule has 0 N–H and O–H groups in total. The van der Waals surface area contributed by atoms with Crippen LogP contribution in [0, 0.1) is 0 Å². The van der Waals surface area contributed by atoms with E-state index in [1.807, 2.05) is 24.3 Å². The third kappa shape index (κ3) is 2.28. The Morgan fingerprint density at radius 1 is 1.00 bits per heavy atom. The average Bonchev–Trinajstić information content (AvgIpc) is 2.36. The van der Waals surface area contributed by atoms with Gasteiger partial charge in [-0.05, 0) is 41.5 Å². The number of benzene rings is 2. The van der Waals surface area contributed by atoms with Crippen molar-refractivity contribution in [3.63, 3.8) is 0 Å². The number of ether oxygens (including phenoxy) is 1. The van der Waals surface area contributed by atoms with Gasteiger partial charge in [-0.15, -0.1) is 0 Å². The Morgan fingerprint density at radius 2 is 1.65 bits per heavy atom. The third-order valence-corrected chi connectivity index (χ3v) is 2.76. The summed E-state index contributed by atoms with van der Waals surface area (Å²) in [6, 6.07) is 10.8. The molecule has 2 aromatic carbocycles. The summed E-state index contributed by atoms with van der Waals surface area (Å²) in [5, 5.41) is 1.89. The Bertz CT molecular complexity index is 584. The summed E-state index contributed by atoms with van der Waals surface area (Å²) < 4.78 is 30.1. The molecule has 0 saturated carbocycles. The fraction of sp³-hybridized carbons (Fsp3) is 0.143. The summed E-state index contributed by atoms with van der Waals surface area (Å²) in [7, 11) is 1.60. The Balaban J connectivity index is 2.56. The van der Waals surface area contributed by atoms with Gasteiger partial charge in [-0.2, -0.15) is 8.78 Å². The number of rotatable bonds is 2. The first kappa shape index (κ1) is 11.6. The van der Waals surface area contributed by atoms with Crippen LogP contribution in [0.15, 0.2) is 42.5 Å². The van der Waals surface area contributed by atoms with E-state index in [0.717, 1.165) is 16.5 Å². The Hall–Kier alpha value is -1.90. The van der Waals surface area contributed by atoms with E-state index in [2.05, 4.69) is 0 Å². The molecule has 0 radical (unpaired) electrons. The first-order valence-corrected chi connectivity index (χ1v) is 5.22. The van der Waals surface area contributed by atoms with Gasteiger partial charge < -0.3 is 4.74 Å². The molecule has 0 aliphatic carbocycles. The second-order valence-electron chi connectivity index (χ2n) is 3.81. The van der Waals surface area contributed by atoms with Crippen LogP contribution < -0.4 is 4.74 Å². The molecule has 0 heterocycles. The summed E-state index contributed by atoms with van der Waals surface area (Å²) in [5.41, 5.74) is 0.561. The molecule has 0 aromatic heterocycles. The Labute approximate surface area is 98.3 Å². The van der Waals surface area contributed by atoms with Crippen LogP contribution in [0.4, 0.5) is 8.78 Å². The quantitative estimate of drug-likeness (QED) is 0.744. The van der Waals surface area contributed by atoms with Gasteiger partial charge in [0.15, 0.2) is 0 Å². The van der Waals surface area contributed by atoms with Gasteiger partial charge in [0.25, 0.3) is 6.08 Å². The molecule has 0 spiro atoms. The molecule has 0 aliphatic rings. The molecule has 0 saturated heterocycles. The van der Waals surface area contributed by atoms with E-state index in [-0.39, 0.29) is 5.57 Å². The minimum Gasteiger partial charge on any atom is -0.497 e. The number of allylic oxidation sites excluding steroid dienone is 1. The van der Waals surface area contributed by atoms with E-state index in [1.54, 1.807) is 19.2 Å². The van der Waals surface area contributed by atoms with Crippen molar-refractivity contribution in [1.29, 1.82) is 0 Å². The molecule has 17 heavy (non-hydrogen) atoms. The lowest BCUT2D eigenvalue weighted by molar-refractivity contribution is 0.415. The van der Waals surface area contributed by atoms with Crippen LogP contribution in [-0.4, -0.2) is 7.11 Å². The maximum absolute atomic E-state index is 12.5. The van der Waals surface area contributed by atoms with Gasteiger partial charge in [0.2, 0.25) is 0 Å². The summed E-state index contributed by atoms with van der Waals surface area (Å²) in [4.78, 5) is 0. The molecule has 3 heteroatoms. The van der Waals surface area contributed by atoms with Gasteiger partial charge in [-0.25, -0.2) is 0 Å². The second kappa shape index (κ2) is 4.53. The van der Waals surface area contributed by atoms with Crippen molar-refractivity contribution in [3.8, 4) is 5.75 Å². The van der Waals surface area contributed by atoms with Crippen LogP contribution in [-0.2, 0) is 0 Å². The summed E-state index contributed by atoms with van der Waals surface area (Å²) in [6.07, 6.45) is -1.64. The lowest BCUT2D eigenvalue weighted by Crippen LogP contribution is -1.85. The molecule has 0 amide bonds. The predicted molar refractivity (Wildman–Crippen MR) is 65.3 cm³/mol. The normalized spacial score (nSPS) is 10.4. The molecule has 0 aliphatic heterocycles. The molecule has 0 atom stereocenters. The maximum atomic E-state index is 12.5. The zero-order valence-corrected chi connectivity index (χ0v) is 9.63. The zero-order chi connectivity index (χ0) is 12.4. The molecular weight excluding hydrogens is 222 g/mol.